The first-order chi connectivity index (χ1) is 16.2. The number of likely N-dealkylation sites (N-methyl/N-ethyl adjacent to an activating group) is 1. The van der Waals surface area contributed by atoms with Crippen LogP contribution in [0.4, 0.5) is 5.82 Å². The third kappa shape index (κ3) is 5.81. The van der Waals surface area contributed by atoms with E-state index in [1.54, 1.807) is 13.1 Å². The number of nitrogens with one attached hydrogen (secondary N) is 2. The number of rotatable bonds is 8. The molecule has 0 bridgehead atoms. The lowest BCUT2D eigenvalue weighted by molar-refractivity contribution is 0.0903. The van der Waals surface area contributed by atoms with Crippen LogP contribution in [0.15, 0.2) is 30.5 Å². The first kappa shape index (κ1) is 24.7. The summed E-state index contributed by atoms with van der Waals surface area (Å²) in [4.78, 5) is 4.99. The van der Waals surface area contributed by atoms with Crippen molar-refractivity contribution < 1.29 is 14.6 Å². The molecule has 0 spiro atoms. The second-order valence-electron chi connectivity index (χ2n) is 9.80. The van der Waals surface area contributed by atoms with Crippen molar-refractivity contribution in [2.24, 2.45) is 0 Å². The Kier molecular flexibility index (Phi) is 7.62. The Hall–Kier alpha value is -2.39. The molecule has 0 amide bonds. The van der Waals surface area contributed by atoms with E-state index in [1.165, 1.54) is 0 Å². The molecule has 1 atom stereocenters. The lowest BCUT2D eigenvalue weighted by atomic mass is 9.89. The molecule has 184 valence electrons. The van der Waals surface area contributed by atoms with Gasteiger partial charge in [-0.05, 0) is 43.5 Å². The Morgan fingerprint density at radius 1 is 1.24 bits per heavy atom. The Bertz CT molecular complexity index is 1120. The average Bonchev–Trinajstić information content (AvgIpc) is 3.23. The minimum Gasteiger partial charge on any atom is -0.491 e. The highest BCUT2D eigenvalue weighted by atomic mass is 35.5. The molecule has 34 heavy (non-hydrogen) atoms. The van der Waals surface area contributed by atoms with Crippen LogP contribution in [-0.2, 0) is 10.2 Å². The first-order valence-corrected chi connectivity index (χ1v) is 12.1. The summed E-state index contributed by atoms with van der Waals surface area (Å²) in [6.45, 7) is 8.59. The Morgan fingerprint density at radius 3 is 2.71 bits per heavy atom. The molecule has 2 aromatic heterocycles. The van der Waals surface area contributed by atoms with Gasteiger partial charge in [0.1, 0.15) is 24.3 Å². The molecular weight excluding hydrogens is 454 g/mol. The van der Waals surface area contributed by atoms with Crippen molar-refractivity contribution in [2.75, 3.05) is 38.7 Å². The van der Waals surface area contributed by atoms with E-state index >= 15 is 0 Å². The number of aliphatic hydroxyl groups excluding tert-OH is 1. The maximum atomic E-state index is 10.00. The van der Waals surface area contributed by atoms with Crippen LogP contribution in [0.1, 0.15) is 39.2 Å². The van der Waals surface area contributed by atoms with Gasteiger partial charge in [0, 0.05) is 48.0 Å². The van der Waals surface area contributed by atoms with E-state index in [-0.39, 0.29) is 12.0 Å². The Morgan fingerprint density at radius 2 is 2.00 bits per heavy atom. The van der Waals surface area contributed by atoms with Gasteiger partial charge in [0.15, 0.2) is 5.65 Å². The Labute approximate surface area is 205 Å². The lowest BCUT2D eigenvalue weighted by Gasteiger charge is -2.25. The zero-order chi connectivity index (χ0) is 24.3. The molecule has 1 unspecified atom stereocenters. The molecular formula is C25H34ClN5O3. The van der Waals surface area contributed by atoms with Gasteiger partial charge in [-0.25, -0.2) is 4.98 Å². The standard InChI is InChI=1S/C25H34ClN5O3/c1-25(2,3)21-14-28-31-23(29-18-5-7-33-8-6-18)12-22(30-24(21)31)16-9-17(26)11-20(10-16)34-15-19(32)13-27-4/h9-12,14,18-19,27,29,32H,5-8,13,15H2,1-4H3. The summed E-state index contributed by atoms with van der Waals surface area (Å²) < 4.78 is 13.2. The molecule has 0 aliphatic carbocycles. The minimum atomic E-state index is -0.613. The molecule has 1 aromatic carbocycles. The number of benzene rings is 1. The predicted molar refractivity (Wildman–Crippen MR) is 135 cm³/mol. The molecule has 8 nitrogen and oxygen atoms in total. The maximum Gasteiger partial charge on any atom is 0.161 e. The highest BCUT2D eigenvalue weighted by Gasteiger charge is 2.23. The lowest BCUT2D eigenvalue weighted by Crippen LogP contribution is -2.29. The van der Waals surface area contributed by atoms with Crippen molar-refractivity contribution in [3.63, 3.8) is 0 Å². The monoisotopic (exact) mass is 487 g/mol. The second-order valence-corrected chi connectivity index (χ2v) is 10.2. The van der Waals surface area contributed by atoms with Crippen LogP contribution in [0.5, 0.6) is 5.75 Å². The summed E-state index contributed by atoms with van der Waals surface area (Å²) >= 11 is 6.44. The SMILES string of the molecule is CNCC(O)COc1cc(Cl)cc(-c2cc(NC3CCOCC3)n3ncc(C(C)(C)C)c3n2)c1. The van der Waals surface area contributed by atoms with Crippen molar-refractivity contribution in [3.05, 3.63) is 41.0 Å². The predicted octanol–water partition coefficient (Wildman–Crippen LogP) is 3.90. The number of aromatic nitrogens is 3. The average molecular weight is 488 g/mol. The van der Waals surface area contributed by atoms with E-state index in [4.69, 9.17) is 26.1 Å². The van der Waals surface area contributed by atoms with Crippen LogP contribution in [-0.4, -0.2) is 65.3 Å². The molecule has 3 aromatic rings. The fourth-order valence-corrected chi connectivity index (χ4v) is 4.30. The van der Waals surface area contributed by atoms with Crippen LogP contribution in [0, 0.1) is 0 Å². The van der Waals surface area contributed by atoms with Crippen molar-refractivity contribution >= 4 is 23.1 Å². The van der Waals surface area contributed by atoms with Crippen molar-refractivity contribution in [1.82, 2.24) is 19.9 Å². The molecule has 1 aliphatic rings. The van der Waals surface area contributed by atoms with Crippen molar-refractivity contribution in [3.8, 4) is 17.0 Å². The molecule has 9 heteroatoms. The highest BCUT2D eigenvalue weighted by molar-refractivity contribution is 6.31. The number of nitrogens with zero attached hydrogens (tertiary/aromatic N) is 3. The summed E-state index contributed by atoms with van der Waals surface area (Å²) in [7, 11) is 1.79. The van der Waals surface area contributed by atoms with Crippen LogP contribution in [0.2, 0.25) is 5.02 Å². The quantitative estimate of drug-likeness (QED) is 0.443. The number of hydrogen-bond donors (Lipinski definition) is 3. The van der Waals surface area contributed by atoms with Crippen LogP contribution in [0.3, 0.4) is 0 Å². The van der Waals surface area contributed by atoms with Gasteiger partial charge < -0.3 is 25.2 Å². The minimum absolute atomic E-state index is 0.116. The fraction of sp³-hybridized carbons (Fsp3) is 0.520. The zero-order valence-corrected chi connectivity index (χ0v) is 21.0. The molecule has 0 saturated carbocycles. The van der Waals surface area contributed by atoms with Crippen LogP contribution >= 0.6 is 11.6 Å². The van der Waals surface area contributed by atoms with Crippen LogP contribution < -0.4 is 15.4 Å². The molecule has 3 N–H and O–H groups in total. The van der Waals surface area contributed by atoms with Gasteiger partial charge >= 0.3 is 0 Å². The van der Waals surface area contributed by atoms with E-state index in [9.17, 15) is 5.11 Å². The molecule has 1 aliphatic heterocycles. The van der Waals surface area contributed by atoms with Crippen molar-refractivity contribution in [2.45, 2.75) is 51.2 Å². The second kappa shape index (κ2) is 10.5. The number of fused-ring (bicyclic) bond motifs is 1. The van der Waals surface area contributed by atoms with Gasteiger partial charge in [-0.1, -0.05) is 32.4 Å². The summed E-state index contributed by atoms with van der Waals surface area (Å²) in [5.41, 5.74) is 3.37. The van der Waals surface area contributed by atoms with E-state index in [2.05, 4.69) is 36.5 Å². The number of anilines is 1. The maximum absolute atomic E-state index is 10.00. The van der Waals surface area contributed by atoms with Gasteiger partial charge in [0.05, 0.1) is 11.9 Å². The topological polar surface area (TPSA) is 92.9 Å². The fourth-order valence-electron chi connectivity index (χ4n) is 4.07. The zero-order valence-electron chi connectivity index (χ0n) is 20.3. The van der Waals surface area contributed by atoms with Gasteiger partial charge in [0.2, 0.25) is 0 Å². The van der Waals surface area contributed by atoms with E-state index in [0.29, 0.717) is 23.4 Å². The van der Waals surface area contributed by atoms with Crippen molar-refractivity contribution in [1.29, 1.82) is 0 Å². The number of aliphatic hydroxyl groups is 1. The molecule has 1 fully saturated rings. The number of ether oxygens (including phenoxy) is 2. The molecule has 3 heterocycles. The largest absolute Gasteiger partial charge is 0.491 e. The molecule has 1 saturated heterocycles. The van der Waals surface area contributed by atoms with Gasteiger partial charge in [-0.3, -0.25) is 0 Å². The van der Waals surface area contributed by atoms with E-state index in [0.717, 1.165) is 54.3 Å². The Balaban J connectivity index is 1.74. The smallest absolute Gasteiger partial charge is 0.161 e. The third-order valence-corrected chi connectivity index (χ3v) is 6.12. The summed E-state index contributed by atoms with van der Waals surface area (Å²) in [6.07, 6.45) is 3.17. The van der Waals surface area contributed by atoms with Gasteiger partial charge in [-0.2, -0.15) is 9.61 Å². The normalized spacial score (nSPS) is 16.1. The third-order valence-electron chi connectivity index (χ3n) is 5.90. The summed E-state index contributed by atoms with van der Waals surface area (Å²) in [6, 6.07) is 7.84. The van der Waals surface area contributed by atoms with Gasteiger partial charge in [0.25, 0.3) is 0 Å². The van der Waals surface area contributed by atoms with E-state index in [1.807, 2.05) is 28.9 Å². The van der Waals surface area contributed by atoms with Gasteiger partial charge in [-0.15, -0.1) is 0 Å². The van der Waals surface area contributed by atoms with E-state index < -0.39 is 6.10 Å². The molecule has 0 radical (unpaired) electrons. The summed E-state index contributed by atoms with van der Waals surface area (Å²) in [5, 5.41) is 21.8. The number of halogens is 1. The number of hydrogen-bond acceptors (Lipinski definition) is 7. The highest BCUT2D eigenvalue weighted by Crippen LogP contribution is 2.33. The van der Waals surface area contributed by atoms with Crippen LogP contribution in [0.25, 0.3) is 16.9 Å². The summed E-state index contributed by atoms with van der Waals surface area (Å²) in [5.74, 6) is 1.47. The molecule has 4 rings (SSSR count). The first-order valence-electron chi connectivity index (χ1n) is 11.7.